The lowest BCUT2D eigenvalue weighted by molar-refractivity contribution is 0.0216. The Balaban J connectivity index is 2.33. The average Bonchev–Trinajstić information content (AvgIpc) is 2.61. The summed E-state index contributed by atoms with van der Waals surface area (Å²) in [5, 5.41) is 10.2. The van der Waals surface area contributed by atoms with Gasteiger partial charge in [0, 0.05) is 5.41 Å². The molecule has 2 rings (SSSR count). The fourth-order valence-corrected chi connectivity index (χ4v) is 3.70. The van der Waals surface area contributed by atoms with Crippen molar-refractivity contribution < 1.29 is 9.84 Å². The molecule has 0 aromatic heterocycles. The summed E-state index contributed by atoms with van der Waals surface area (Å²) >= 11 is 0. The smallest absolute Gasteiger partial charge is 0.122 e. The van der Waals surface area contributed by atoms with E-state index in [4.69, 9.17) is 4.74 Å². The Morgan fingerprint density at radius 3 is 2.07 bits per heavy atom. The number of benzene rings is 2. The number of aryl methyl sites for hydroxylation is 2. The van der Waals surface area contributed by atoms with E-state index in [0.717, 1.165) is 24.2 Å². The van der Waals surface area contributed by atoms with Gasteiger partial charge in [-0.2, -0.15) is 0 Å². The second kappa shape index (κ2) is 8.48. The van der Waals surface area contributed by atoms with Gasteiger partial charge in [0.25, 0.3) is 0 Å². The van der Waals surface area contributed by atoms with Gasteiger partial charge in [-0.1, -0.05) is 76.6 Å². The van der Waals surface area contributed by atoms with Gasteiger partial charge in [-0.05, 0) is 54.9 Å². The summed E-state index contributed by atoms with van der Waals surface area (Å²) in [5.74, 6) is 0.854. The van der Waals surface area contributed by atoms with Crippen LogP contribution < -0.4 is 4.74 Å². The Bertz CT molecular complexity index is 751. The van der Waals surface area contributed by atoms with Gasteiger partial charge in [0.15, 0.2) is 0 Å². The Kier molecular flexibility index (Phi) is 6.75. The third-order valence-corrected chi connectivity index (χ3v) is 5.90. The lowest BCUT2D eigenvalue weighted by Crippen LogP contribution is -2.32. The average molecular weight is 369 g/mol. The van der Waals surface area contributed by atoms with Gasteiger partial charge in [-0.3, -0.25) is 0 Å². The van der Waals surface area contributed by atoms with Crippen LogP contribution in [0.3, 0.4) is 0 Å². The molecule has 0 radical (unpaired) electrons. The number of rotatable bonds is 7. The summed E-state index contributed by atoms with van der Waals surface area (Å²) in [4.78, 5) is 0. The van der Waals surface area contributed by atoms with Crippen LogP contribution in [0.4, 0.5) is 0 Å². The Morgan fingerprint density at radius 1 is 0.926 bits per heavy atom. The molecule has 0 spiro atoms. The van der Waals surface area contributed by atoms with Gasteiger partial charge < -0.3 is 9.84 Å². The van der Waals surface area contributed by atoms with Crippen molar-refractivity contribution in [2.45, 2.75) is 72.8 Å². The minimum absolute atomic E-state index is 0.0141. The van der Waals surface area contributed by atoms with Crippen molar-refractivity contribution in [2.75, 3.05) is 6.61 Å². The van der Waals surface area contributed by atoms with E-state index in [-0.39, 0.29) is 10.8 Å². The molecule has 2 heteroatoms. The van der Waals surface area contributed by atoms with E-state index in [1.807, 2.05) is 20.8 Å². The first-order chi connectivity index (χ1) is 12.6. The van der Waals surface area contributed by atoms with Crippen LogP contribution in [0.1, 0.15) is 69.7 Å². The maximum atomic E-state index is 10.2. The zero-order chi connectivity index (χ0) is 20.2. The molecule has 0 saturated heterocycles. The van der Waals surface area contributed by atoms with E-state index in [1.54, 1.807) is 0 Å². The lowest BCUT2D eigenvalue weighted by atomic mass is 9.70. The van der Waals surface area contributed by atoms with Crippen LogP contribution in [0.15, 0.2) is 42.5 Å². The minimum atomic E-state index is -0.491. The molecule has 2 aromatic rings. The highest BCUT2D eigenvalue weighted by atomic mass is 16.5. The first-order valence-electron chi connectivity index (χ1n) is 10.1. The van der Waals surface area contributed by atoms with Crippen LogP contribution in [-0.2, 0) is 5.41 Å². The van der Waals surface area contributed by atoms with Crippen LogP contribution >= 0.6 is 0 Å². The molecule has 2 aromatic carbocycles. The molecule has 27 heavy (non-hydrogen) atoms. The van der Waals surface area contributed by atoms with Gasteiger partial charge in [0.1, 0.15) is 12.4 Å². The zero-order valence-corrected chi connectivity index (χ0v) is 18.1. The van der Waals surface area contributed by atoms with E-state index >= 15 is 0 Å². The molecule has 0 aliphatic rings. The predicted molar refractivity (Wildman–Crippen MR) is 115 cm³/mol. The molecule has 0 bridgehead atoms. The summed E-state index contributed by atoms with van der Waals surface area (Å²) in [6, 6.07) is 15.4. The third-order valence-electron chi connectivity index (χ3n) is 5.90. The summed E-state index contributed by atoms with van der Waals surface area (Å²) in [7, 11) is 0. The summed E-state index contributed by atoms with van der Waals surface area (Å²) in [6.07, 6.45) is 1.61. The standard InChI is InChI=1S/C25H36O2/c1-8-25(9-2,20-12-10-11-18(3)15-20)21-13-14-22(19(4)16-21)27-17-23(26)24(5,6)7/h10-16,23,26H,8-9,17H2,1-7H3. The maximum absolute atomic E-state index is 10.2. The summed E-state index contributed by atoms with van der Waals surface area (Å²) in [5.41, 5.74) is 4.96. The molecule has 0 aliphatic heterocycles. The molecular formula is C25H36O2. The number of aliphatic hydroxyl groups is 1. The second-order valence-electron chi connectivity index (χ2n) is 8.83. The Hall–Kier alpha value is -1.80. The number of aliphatic hydroxyl groups excluding tert-OH is 1. The van der Waals surface area contributed by atoms with Crippen LogP contribution in [0.25, 0.3) is 0 Å². The molecule has 0 saturated carbocycles. The molecule has 0 fully saturated rings. The highest BCUT2D eigenvalue weighted by Crippen LogP contribution is 2.40. The van der Waals surface area contributed by atoms with Crippen LogP contribution in [-0.4, -0.2) is 17.8 Å². The Labute approximate surface area is 165 Å². The number of ether oxygens (including phenoxy) is 1. The molecule has 2 nitrogen and oxygen atoms in total. The summed E-state index contributed by atoms with van der Waals surface area (Å²) in [6.45, 7) is 15.2. The van der Waals surface area contributed by atoms with E-state index in [2.05, 4.69) is 70.2 Å². The van der Waals surface area contributed by atoms with Crippen molar-refractivity contribution in [2.24, 2.45) is 5.41 Å². The van der Waals surface area contributed by atoms with Gasteiger partial charge in [0.05, 0.1) is 6.10 Å². The van der Waals surface area contributed by atoms with Gasteiger partial charge in [0.2, 0.25) is 0 Å². The van der Waals surface area contributed by atoms with Crippen molar-refractivity contribution >= 4 is 0 Å². The third kappa shape index (κ3) is 4.73. The molecule has 0 heterocycles. The first kappa shape index (κ1) is 21.5. The molecule has 1 N–H and O–H groups in total. The van der Waals surface area contributed by atoms with Gasteiger partial charge >= 0.3 is 0 Å². The predicted octanol–water partition coefficient (Wildman–Crippen LogP) is 6.20. The van der Waals surface area contributed by atoms with E-state index < -0.39 is 6.10 Å². The lowest BCUT2D eigenvalue weighted by Gasteiger charge is -2.34. The van der Waals surface area contributed by atoms with Gasteiger partial charge in [-0.15, -0.1) is 0 Å². The van der Waals surface area contributed by atoms with E-state index in [9.17, 15) is 5.11 Å². The largest absolute Gasteiger partial charge is 0.491 e. The minimum Gasteiger partial charge on any atom is -0.491 e. The van der Waals surface area contributed by atoms with Crippen molar-refractivity contribution in [3.8, 4) is 5.75 Å². The maximum Gasteiger partial charge on any atom is 0.122 e. The number of hydrogen-bond acceptors (Lipinski definition) is 2. The monoisotopic (exact) mass is 368 g/mol. The topological polar surface area (TPSA) is 29.5 Å². The van der Waals surface area contributed by atoms with E-state index in [0.29, 0.717) is 6.61 Å². The quantitative estimate of drug-likeness (QED) is 0.631. The SMILES string of the molecule is CCC(CC)(c1cccc(C)c1)c1ccc(OCC(O)C(C)(C)C)c(C)c1. The highest BCUT2D eigenvalue weighted by molar-refractivity contribution is 5.45. The molecule has 0 aliphatic carbocycles. The van der Waals surface area contributed by atoms with Crippen molar-refractivity contribution in [1.29, 1.82) is 0 Å². The number of hydrogen-bond donors (Lipinski definition) is 1. The molecule has 1 atom stereocenters. The zero-order valence-electron chi connectivity index (χ0n) is 18.1. The van der Waals surface area contributed by atoms with Crippen LogP contribution in [0.5, 0.6) is 5.75 Å². The van der Waals surface area contributed by atoms with E-state index in [1.165, 1.54) is 16.7 Å². The molecular weight excluding hydrogens is 332 g/mol. The fourth-order valence-electron chi connectivity index (χ4n) is 3.70. The molecule has 148 valence electrons. The van der Waals surface area contributed by atoms with Crippen LogP contribution in [0.2, 0.25) is 0 Å². The Morgan fingerprint density at radius 2 is 1.56 bits per heavy atom. The van der Waals surface area contributed by atoms with Crippen molar-refractivity contribution in [3.63, 3.8) is 0 Å². The fraction of sp³-hybridized carbons (Fsp3) is 0.520. The van der Waals surface area contributed by atoms with Crippen LogP contribution in [0, 0.1) is 19.3 Å². The normalized spacial score (nSPS) is 13.5. The summed E-state index contributed by atoms with van der Waals surface area (Å²) < 4.78 is 5.93. The molecule has 0 amide bonds. The first-order valence-corrected chi connectivity index (χ1v) is 10.1. The van der Waals surface area contributed by atoms with Crippen molar-refractivity contribution in [1.82, 2.24) is 0 Å². The second-order valence-corrected chi connectivity index (χ2v) is 8.83. The van der Waals surface area contributed by atoms with Gasteiger partial charge in [-0.25, -0.2) is 0 Å². The van der Waals surface area contributed by atoms with Crippen molar-refractivity contribution in [3.05, 3.63) is 64.7 Å². The molecule has 1 unspecified atom stereocenters. The highest BCUT2D eigenvalue weighted by Gasteiger charge is 2.31.